The minimum atomic E-state index is -1.07. The Morgan fingerprint density at radius 1 is 1.00 bits per heavy atom. The zero-order chi connectivity index (χ0) is 32.7. The molecular formula is C37H31ClN5O4+. The van der Waals surface area contributed by atoms with Crippen molar-refractivity contribution in [3.8, 4) is 11.1 Å². The van der Waals surface area contributed by atoms with Gasteiger partial charge in [0.05, 0.1) is 23.7 Å². The van der Waals surface area contributed by atoms with E-state index in [9.17, 15) is 19.5 Å². The molecule has 0 bridgehead atoms. The normalized spacial score (nSPS) is 18.5. The molecule has 0 saturated carbocycles. The molecule has 0 fully saturated rings. The summed E-state index contributed by atoms with van der Waals surface area (Å²) in [5.74, 6) is -1.38. The monoisotopic (exact) mass is 644 g/mol. The Morgan fingerprint density at radius 2 is 1.79 bits per heavy atom. The Balaban J connectivity index is 1.28. The summed E-state index contributed by atoms with van der Waals surface area (Å²) in [5.41, 5.74) is 6.49. The second kappa shape index (κ2) is 12.4. The number of hydrogen-bond donors (Lipinski definition) is 2. The van der Waals surface area contributed by atoms with Crippen molar-refractivity contribution in [1.29, 1.82) is 0 Å². The maximum absolute atomic E-state index is 13.8. The van der Waals surface area contributed by atoms with Crippen molar-refractivity contribution < 1.29 is 19.4 Å². The maximum atomic E-state index is 13.8. The summed E-state index contributed by atoms with van der Waals surface area (Å²) < 4.78 is 1.94. The summed E-state index contributed by atoms with van der Waals surface area (Å²) in [5, 5.41) is 21.3. The second-order valence-electron chi connectivity index (χ2n) is 11.7. The van der Waals surface area contributed by atoms with Gasteiger partial charge < -0.3 is 10.1 Å². The third-order valence-electron chi connectivity index (χ3n) is 8.71. The molecule has 0 saturated heterocycles. The average molecular weight is 645 g/mol. The fourth-order valence-corrected chi connectivity index (χ4v) is 6.57. The predicted molar refractivity (Wildman–Crippen MR) is 184 cm³/mol. The molecule has 2 N–H and O–H groups in total. The van der Waals surface area contributed by atoms with E-state index in [4.69, 9.17) is 16.7 Å². The van der Waals surface area contributed by atoms with E-state index < -0.39 is 17.9 Å². The first-order valence-electron chi connectivity index (χ1n) is 15.5. The highest BCUT2D eigenvalue weighted by atomic mass is 35.5. The molecule has 1 aromatic heterocycles. The summed E-state index contributed by atoms with van der Waals surface area (Å²) in [6.45, 7) is 2.87. The average Bonchev–Trinajstić information content (AvgIpc) is 3.72. The number of amides is 1. The van der Waals surface area contributed by atoms with Gasteiger partial charge in [-0.05, 0) is 58.6 Å². The molecule has 234 valence electrons. The van der Waals surface area contributed by atoms with Crippen LogP contribution in [-0.2, 0) is 9.59 Å². The Labute approximate surface area is 275 Å². The van der Waals surface area contributed by atoms with Gasteiger partial charge in [0.2, 0.25) is 5.91 Å². The van der Waals surface area contributed by atoms with Crippen LogP contribution in [-0.4, -0.2) is 55.8 Å². The van der Waals surface area contributed by atoms with Crippen molar-refractivity contribution in [2.75, 3.05) is 6.54 Å². The molecule has 1 amide bonds. The first kappa shape index (κ1) is 30.3. The van der Waals surface area contributed by atoms with Gasteiger partial charge in [0.1, 0.15) is 11.6 Å². The smallest absolute Gasteiger partial charge is 0.303 e. The number of halogens is 1. The fourth-order valence-electron chi connectivity index (χ4n) is 6.40. The summed E-state index contributed by atoms with van der Waals surface area (Å²) in [4.78, 5) is 41.6. The van der Waals surface area contributed by atoms with Gasteiger partial charge in [-0.15, -0.1) is 0 Å². The van der Waals surface area contributed by atoms with Crippen LogP contribution in [0.2, 0.25) is 5.02 Å². The molecular weight excluding hydrogens is 614 g/mol. The minimum absolute atomic E-state index is 0.122. The van der Waals surface area contributed by atoms with E-state index in [1.54, 1.807) is 12.1 Å². The summed E-state index contributed by atoms with van der Waals surface area (Å²) in [6.07, 6.45) is 8.11. The van der Waals surface area contributed by atoms with E-state index in [1.807, 2.05) is 71.4 Å². The van der Waals surface area contributed by atoms with Crippen molar-refractivity contribution in [1.82, 2.24) is 9.99 Å². The first-order chi connectivity index (χ1) is 22.8. The number of pyridine rings is 1. The highest BCUT2D eigenvalue weighted by molar-refractivity contribution is 6.31. The lowest BCUT2D eigenvalue weighted by atomic mass is 9.89. The number of allylic oxidation sites excluding steroid dienone is 4. The number of nitrogens with zero attached hydrogens (tertiary/aromatic N) is 4. The molecule has 4 aromatic rings. The summed E-state index contributed by atoms with van der Waals surface area (Å²) in [7, 11) is 0. The molecule has 47 heavy (non-hydrogen) atoms. The number of aromatic nitrogens is 1. The number of benzene rings is 3. The molecule has 1 aliphatic carbocycles. The van der Waals surface area contributed by atoms with Crippen LogP contribution in [0.25, 0.3) is 27.6 Å². The van der Waals surface area contributed by atoms with Gasteiger partial charge in [-0.1, -0.05) is 83.0 Å². The highest BCUT2D eigenvalue weighted by Crippen LogP contribution is 2.38. The maximum Gasteiger partial charge on any atom is 0.303 e. The molecule has 9 nitrogen and oxygen atoms in total. The Hall–Kier alpha value is -5.41. The van der Waals surface area contributed by atoms with E-state index >= 15 is 0 Å². The summed E-state index contributed by atoms with van der Waals surface area (Å²) >= 11 is 6.43. The lowest BCUT2D eigenvalue weighted by Crippen LogP contribution is -2.27. The lowest BCUT2D eigenvalue weighted by molar-refractivity contribution is -0.522. The zero-order valence-electron chi connectivity index (χ0n) is 25.6. The number of hydrogen-bond acceptors (Lipinski definition) is 5. The van der Waals surface area contributed by atoms with Crippen molar-refractivity contribution in [2.24, 2.45) is 16.1 Å². The molecule has 7 rings (SSSR count). The Bertz CT molecular complexity index is 2150. The largest absolute Gasteiger partial charge is 0.481 e. The van der Waals surface area contributed by atoms with Crippen LogP contribution in [0.1, 0.15) is 48.9 Å². The molecule has 0 radical (unpaired) electrons. The second-order valence-corrected chi connectivity index (χ2v) is 12.1. The minimum Gasteiger partial charge on any atom is -0.481 e. The number of aliphatic carboxylic acids is 1. The van der Waals surface area contributed by atoms with Crippen molar-refractivity contribution in [3.05, 3.63) is 123 Å². The predicted octanol–water partition coefficient (Wildman–Crippen LogP) is 6.43. The number of rotatable bonds is 8. The third kappa shape index (κ3) is 5.86. The molecule has 2 unspecified atom stereocenters. The molecule has 3 heterocycles. The molecule has 0 spiro atoms. The molecule has 3 aromatic carbocycles. The van der Waals surface area contributed by atoms with Crippen LogP contribution in [0.3, 0.4) is 0 Å². The summed E-state index contributed by atoms with van der Waals surface area (Å²) in [6, 6.07) is 22.3. The number of H-pyrrole nitrogens is 1. The number of hydrazone groups is 2. The van der Waals surface area contributed by atoms with Gasteiger partial charge in [-0.2, -0.15) is 5.10 Å². The van der Waals surface area contributed by atoms with Crippen LogP contribution >= 0.6 is 11.6 Å². The van der Waals surface area contributed by atoms with E-state index in [0.29, 0.717) is 27.4 Å². The highest BCUT2D eigenvalue weighted by Gasteiger charge is 2.36. The van der Waals surface area contributed by atoms with Crippen molar-refractivity contribution in [3.63, 3.8) is 0 Å². The topological polar surface area (TPSA) is 118 Å². The van der Waals surface area contributed by atoms with E-state index in [2.05, 4.69) is 35.4 Å². The number of fused-ring (bicyclic) bond motifs is 2. The van der Waals surface area contributed by atoms with Crippen LogP contribution in [0, 0.1) is 5.92 Å². The SMILES string of the molecule is CC[N+]1=CC2C=C(c3ccc(C4CC(c5c(-c6ccccc6)c6cc(Cl)ccc6[nH]c5=O)=NN4C(=O)CCC(=O)O)cc3)C=CC2=N1. The van der Waals surface area contributed by atoms with Crippen LogP contribution in [0.5, 0.6) is 0 Å². The fraction of sp³-hybridized carbons (Fsp3) is 0.189. The van der Waals surface area contributed by atoms with Gasteiger partial charge in [-0.3, -0.25) is 14.4 Å². The van der Waals surface area contributed by atoms with Crippen molar-refractivity contribution in [2.45, 2.75) is 32.2 Å². The Morgan fingerprint density at radius 3 is 2.53 bits per heavy atom. The lowest BCUT2D eigenvalue weighted by Gasteiger charge is -2.22. The van der Waals surface area contributed by atoms with Gasteiger partial charge in [0, 0.05) is 34.3 Å². The Kier molecular flexibility index (Phi) is 7.99. The first-order valence-corrected chi connectivity index (χ1v) is 15.9. The number of carboxylic acids is 1. The van der Waals surface area contributed by atoms with Gasteiger partial charge in [0.15, 0.2) is 12.8 Å². The molecule has 10 heteroatoms. The molecule has 2 atom stereocenters. The van der Waals surface area contributed by atoms with E-state index in [0.717, 1.165) is 39.9 Å². The van der Waals surface area contributed by atoms with Gasteiger partial charge in [-0.25, -0.2) is 5.01 Å². The van der Waals surface area contributed by atoms with Crippen LogP contribution in [0.4, 0.5) is 0 Å². The standard InChI is InChI=1S/C37H30ClN5O4/c1-2-42-21-26-18-25(12-14-29(26)40-42)22-8-10-23(11-9-22)32-20-31(41-43(32)33(44)16-17-34(45)46)36-35(24-6-4-3-5-7-24)28-19-27(38)13-15-30(28)39-37(36)47/h3-15,18-19,21,26,32H,2,16-17,20H2,1H3,(H-,39,41,45,46,47)/p+1. The number of nitrogens with one attached hydrogen (secondary N) is 1. The number of aromatic amines is 1. The van der Waals surface area contributed by atoms with E-state index in [-0.39, 0.29) is 30.7 Å². The number of carbonyl (C=O) groups excluding carboxylic acids is 1. The zero-order valence-corrected chi connectivity index (χ0v) is 26.3. The third-order valence-corrected chi connectivity index (χ3v) is 8.94. The van der Waals surface area contributed by atoms with E-state index in [1.165, 1.54) is 5.01 Å². The van der Waals surface area contributed by atoms with Gasteiger partial charge in [0.25, 0.3) is 5.56 Å². The number of carboxylic acid groups (broad SMARTS) is 1. The quantitative estimate of drug-likeness (QED) is 0.215. The van der Waals surface area contributed by atoms with Crippen LogP contribution < -0.4 is 5.56 Å². The van der Waals surface area contributed by atoms with Crippen molar-refractivity contribution >= 4 is 57.6 Å². The van der Waals surface area contributed by atoms with Crippen LogP contribution in [0.15, 0.2) is 106 Å². The van der Waals surface area contributed by atoms with Gasteiger partial charge >= 0.3 is 5.97 Å². The molecule has 3 aliphatic rings. The molecule has 2 aliphatic heterocycles. The number of carbonyl (C=O) groups is 2.